The summed E-state index contributed by atoms with van der Waals surface area (Å²) in [5, 5.41) is 3.26. The molecule has 2 N–H and O–H groups in total. The second-order valence-electron chi connectivity index (χ2n) is 5.44. The third kappa shape index (κ3) is 4.64. The van der Waals surface area contributed by atoms with Crippen LogP contribution >= 0.6 is 0 Å². The SMILES string of the molecule is Cc1cc(F)c(NS(=O)(=O)CCC2CCCCN2)cc1F. The quantitative estimate of drug-likeness (QED) is 0.877. The Morgan fingerprint density at radius 2 is 2.05 bits per heavy atom. The van der Waals surface area contributed by atoms with Crippen molar-refractivity contribution < 1.29 is 17.2 Å². The second-order valence-corrected chi connectivity index (χ2v) is 7.28. The number of hydrogen-bond donors (Lipinski definition) is 2. The molecule has 1 heterocycles. The minimum absolute atomic E-state index is 0.112. The molecule has 1 aliphatic rings. The van der Waals surface area contributed by atoms with Crippen molar-refractivity contribution in [2.45, 2.75) is 38.6 Å². The van der Waals surface area contributed by atoms with Crippen molar-refractivity contribution in [3.8, 4) is 0 Å². The smallest absolute Gasteiger partial charge is 0.232 e. The lowest BCUT2D eigenvalue weighted by Gasteiger charge is -2.23. The maximum atomic E-state index is 13.6. The molecule has 1 aliphatic heterocycles. The molecule has 2 rings (SSSR count). The van der Waals surface area contributed by atoms with Crippen LogP contribution in [0.2, 0.25) is 0 Å². The van der Waals surface area contributed by atoms with Crippen LogP contribution in [-0.2, 0) is 10.0 Å². The van der Waals surface area contributed by atoms with Crippen LogP contribution in [0.5, 0.6) is 0 Å². The number of piperidine rings is 1. The highest BCUT2D eigenvalue weighted by Gasteiger charge is 2.19. The summed E-state index contributed by atoms with van der Waals surface area (Å²) >= 11 is 0. The molecule has 1 aromatic rings. The fraction of sp³-hybridized carbons (Fsp3) is 0.571. The van der Waals surface area contributed by atoms with Crippen LogP contribution in [0, 0.1) is 18.6 Å². The van der Waals surface area contributed by atoms with Crippen LogP contribution in [0.3, 0.4) is 0 Å². The molecule has 0 spiro atoms. The average molecular weight is 318 g/mol. The largest absolute Gasteiger partial charge is 0.314 e. The van der Waals surface area contributed by atoms with Crippen molar-refractivity contribution in [1.29, 1.82) is 0 Å². The second kappa shape index (κ2) is 6.70. The molecule has 0 amide bonds. The van der Waals surface area contributed by atoms with E-state index in [1.165, 1.54) is 6.92 Å². The monoisotopic (exact) mass is 318 g/mol. The molecule has 0 bridgehead atoms. The Kier molecular flexibility index (Phi) is 5.16. The molecule has 1 atom stereocenters. The summed E-state index contributed by atoms with van der Waals surface area (Å²) in [5.74, 6) is -1.52. The fourth-order valence-electron chi connectivity index (χ4n) is 2.41. The van der Waals surface area contributed by atoms with Crippen molar-refractivity contribution >= 4 is 15.7 Å². The van der Waals surface area contributed by atoms with E-state index in [2.05, 4.69) is 10.0 Å². The van der Waals surface area contributed by atoms with E-state index in [0.717, 1.165) is 37.9 Å². The first-order valence-electron chi connectivity index (χ1n) is 7.07. The van der Waals surface area contributed by atoms with Gasteiger partial charge in [-0.05, 0) is 44.4 Å². The summed E-state index contributed by atoms with van der Waals surface area (Å²) in [6, 6.07) is 2.03. The van der Waals surface area contributed by atoms with Gasteiger partial charge in [0.1, 0.15) is 11.6 Å². The van der Waals surface area contributed by atoms with Gasteiger partial charge < -0.3 is 5.32 Å². The molecule has 7 heteroatoms. The van der Waals surface area contributed by atoms with Crippen LogP contribution in [0.15, 0.2) is 12.1 Å². The maximum Gasteiger partial charge on any atom is 0.232 e. The molecule has 0 radical (unpaired) electrons. The molecule has 0 saturated carbocycles. The van der Waals surface area contributed by atoms with Crippen LogP contribution in [-0.4, -0.2) is 26.8 Å². The molecule has 1 fully saturated rings. The zero-order valence-electron chi connectivity index (χ0n) is 12.0. The van der Waals surface area contributed by atoms with Gasteiger partial charge >= 0.3 is 0 Å². The van der Waals surface area contributed by atoms with E-state index in [9.17, 15) is 17.2 Å². The number of anilines is 1. The number of aryl methyl sites for hydroxylation is 1. The standard InChI is InChI=1S/C14H20F2N2O2S/c1-10-8-13(16)14(9-12(10)15)18-21(19,20)7-5-11-4-2-3-6-17-11/h8-9,11,17-18H,2-7H2,1H3. The first kappa shape index (κ1) is 16.2. The van der Waals surface area contributed by atoms with E-state index in [1.807, 2.05) is 0 Å². The molecule has 21 heavy (non-hydrogen) atoms. The zero-order valence-corrected chi connectivity index (χ0v) is 12.8. The summed E-state index contributed by atoms with van der Waals surface area (Å²) in [6.07, 6.45) is 3.60. The zero-order chi connectivity index (χ0) is 15.5. The molecule has 0 aromatic heterocycles. The Morgan fingerprint density at radius 1 is 1.29 bits per heavy atom. The molecular formula is C14H20F2N2O2S. The van der Waals surface area contributed by atoms with E-state index < -0.39 is 21.7 Å². The van der Waals surface area contributed by atoms with E-state index in [-0.39, 0.29) is 23.0 Å². The molecular weight excluding hydrogens is 298 g/mol. The summed E-state index contributed by atoms with van der Waals surface area (Å²) in [7, 11) is -3.68. The van der Waals surface area contributed by atoms with E-state index in [4.69, 9.17) is 0 Å². The highest BCUT2D eigenvalue weighted by Crippen LogP contribution is 2.20. The van der Waals surface area contributed by atoms with Gasteiger partial charge in [0.15, 0.2) is 0 Å². The van der Waals surface area contributed by atoms with Crippen molar-refractivity contribution in [3.63, 3.8) is 0 Å². The predicted octanol–water partition coefficient (Wildman–Crippen LogP) is 2.55. The minimum atomic E-state index is -3.68. The van der Waals surface area contributed by atoms with Crippen molar-refractivity contribution in [2.75, 3.05) is 17.0 Å². The Morgan fingerprint density at radius 3 is 2.71 bits per heavy atom. The van der Waals surface area contributed by atoms with Gasteiger partial charge in [0.25, 0.3) is 0 Å². The van der Waals surface area contributed by atoms with E-state index in [0.29, 0.717) is 6.42 Å². The van der Waals surface area contributed by atoms with Crippen molar-refractivity contribution in [1.82, 2.24) is 5.32 Å². The Balaban J connectivity index is 1.98. The predicted molar refractivity (Wildman–Crippen MR) is 78.8 cm³/mol. The summed E-state index contributed by atoms with van der Waals surface area (Å²) in [5.41, 5.74) is -0.198. The minimum Gasteiger partial charge on any atom is -0.314 e. The summed E-state index contributed by atoms with van der Waals surface area (Å²) in [4.78, 5) is 0. The lowest BCUT2D eigenvalue weighted by atomic mass is 10.0. The van der Waals surface area contributed by atoms with Crippen LogP contribution in [0.25, 0.3) is 0 Å². The average Bonchev–Trinajstić information content (AvgIpc) is 2.44. The van der Waals surface area contributed by atoms with Crippen molar-refractivity contribution in [3.05, 3.63) is 29.3 Å². The molecule has 1 aromatic carbocycles. The number of benzene rings is 1. The topological polar surface area (TPSA) is 58.2 Å². The van der Waals surface area contributed by atoms with Gasteiger partial charge in [0.05, 0.1) is 11.4 Å². The third-order valence-corrected chi connectivity index (χ3v) is 4.97. The van der Waals surface area contributed by atoms with Crippen molar-refractivity contribution in [2.24, 2.45) is 0 Å². The van der Waals surface area contributed by atoms with Crippen LogP contribution in [0.4, 0.5) is 14.5 Å². The molecule has 4 nitrogen and oxygen atoms in total. The van der Waals surface area contributed by atoms with Gasteiger partial charge in [-0.2, -0.15) is 0 Å². The first-order valence-corrected chi connectivity index (χ1v) is 8.72. The fourth-order valence-corrected chi connectivity index (χ4v) is 3.60. The number of nitrogens with one attached hydrogen (secondary N) is 2. The van der Waals surface area contributed by atoms with Gasteiger partial charge in [0, 0.05) is 12.1 Å². The number of rotatable bonds is 5. The highest BCUT2D eigenvalue weighted by atomic mass is 32.2. The summed E-state index contributed by atoms with van der Waals surface area (Å²) in [6.45, 7) is 2.32. The number of hydrogen-bond acceptors (Lipinski definition) is 3. The Labute approximate surface area is 124 Å². The van der Waals surface area contributed by atoms with Gasteiger partial charge in [0.2, 0.25) is 10.0 Å². The molecule has 1 saturated heterocycles. The number of halogens is 2. The van der Waals surface area contributed by atoms with Crippen LogP contribution < -0.4 is 10.0 Å². The molecule has 118 valence electrons. The van der Waals surface area contributed by atoms with Gasteiger partial charge in [-0.1, -0.05) is 6.42 Å². The summed E-state index contributed by atoms with van der Waals surface area (Å²) < 4.78 is 53.1. The van der Waals surface area contributed by atoms with Gasteiger partial charge in [-0.3, -0.25) is 4.72 Å². The third-order valence-electron chi connectivity index (χ3n) is 3.66. The Hall–Kier alpha value is -1.21. The lowest BCUT2D eigenvalue weighted by molar-refractivity contribution is 0.393. The molecule has 1 unspecified atom stereocenters. The normalized spacial score (nSPS) is 19.5. The molecule has 0 aliphatic carbocycles. The first-order chi connectivity index (χ1) is 9.87. The highest BCUT2D eigenvalue weighted by molar-refractivity contribution is 7.92. The van der Waals surface area contributed by atoms with Gasteiger partial charge in [-0.25, -0.2) is 17.2 Å². The van der Waals surface area contributed by atoms with E-state index in [1.54, 1.807) is 0 Å². The number of sulfonamides is 1. The van der Waals surface area contributed by atoms with Gasteiger partial charge in [-0.15, -0.1) is 0 Å². The van der Waals surface area contributed by atoms with E-state index >= 15 is 0 Å². The maximum absolute atomic E-state index is 13.6. The lowest BCUT2D eigenvalue weighted by Crippen LogP contribution is -2.36. The van der Waals surface area contributed by atoms with Crippen LogP contribution in [0.1, 0.15) is 31.2 Å². The Bertz CT molecular complexity index is 599.